The standard InChI is InChI=1S/C27H40N6O4.C4F6O2/c1-4-8-20-11-13-33(14-12-20)24(34)16-32-15-23(29-19-32)31-25(35)22(30-26(36)27(2,3)28)18-37-17-21-9-6-5-7-10-21;5-3(6,7)1(11)2(12)4(8,9)10/h5-7,9-10,15,19-20,22H,4,8,11-14,16-18,28H2,1-3H3,(H,30,36)(H,31,35);/t22-;/m1./s1. The first-order valence-electron chi connectivity index (χ1n) is 15.3. The van der Waals surface area contributed by atoms with Crippen LogP contribution in [0.25, 0.3) is 0 Å². The molecule has 272 valence electrons. The number of nitrogens with one attached hydrogen (secondary N) is 2. The van der Waals surface area contributed by atoms with Crippen molar-refractivity contribution < 1.29 is 55.1 Å². The van der Waals surface area contributed by atoms with Crippen molar-refractivity contribution in [2.75, 3.05) is 25.0 Å². The monoisotopic (exact) mass is 706 g/mol. The number of aromatic nitrogens is 2. The van der Waals surface area contributed by atoms with Crippen molar-refractivity contribution in [1.82, 2.24) is 19.8 Å². The van der Waals surface area contributed by atoms with Crippen LogP contribution in [0.1, 0.15) is 52.0 Å². The molecule has 4 N–H and O–H groups in total. The molecule has 0 aliphatic carbocycles. The van der Waals surface area contributed by atoms with Gasteiger partial charge in [-0.05, 0) is 38.2 Å². The SMILES string of the molecule is CCCC1CCN(C(=O)Cn2cnc(NC(=O)[C@@H](COCc3ccccc3)NC(=O)C(C)(C)N)c2)CC1.O=C(C(=O)C(F)(F)F)C(F)(F)F. The van der Waals surface area contributed by atoms with E-state index in [0.29, 0.717) is 12.5 Å². The fraction of sp³-hybridized carbons (Fsp3) is 0.548. The Bertz CT molecular complexity index is 1390. The summed E-state index contributed by atoms with van der Waals surface area (Å²) in [5.74, 6) is -6.75. The van der Waals surface area contributed by atoms with E-state index in [2.05, 4.69) is 22.5 Å². The zero-order valence-electron chi connectivity index (χ0n) is 27.2. The number of carbonyl (C=O) groups excluding carboxylic acids is 5. The number of amides is 3. The molecule has 1 fully saturated rings. The summed E-state index contributed by atoms with van der Waals surface area (Å²) in [6.45, 7) is 7.28. The van der Waals surface area contributed by atoms with Crippen molar-refractivity contribution >= 4 is 35.1 Å². The second-order valence-corrected chi connectivity index (χ2v) is 11.9. The average Bonchev–Trinajstić information content (AvgIpc) is 3.45. The van der Waals surface area contributed by atoms with E-state index in [0.717, 1.165) is 31.5 Å². The highest BCUT2D eigenvalue weighted by atomic mass is 19.4. The zero-order valence-corrected chi connectivity index (χ0v) is 27.2. The lowest BCUT2D eigenvalue weighted by Crippen LogP contribution is -2.56. The van der Waals surface area contributed by atoms with Crippen LogP contribution in [0, 0.1) is 5.92 Å². The highest BCUT2D eigenvalue weighted by molar-refractivity contribution is 6.41. The number of carbonyl (C=O) groups is 5. The maximum Gasteiger partial charge on any atom is 0.458 e. The smallest absolute Gasteiger partial charge is 0.374 e. The van der Waals surface area contributed by atoms with Gasteiger partial charge < -0.3 is 30.6 Å². The summed E-state index contributed by atoms with van der Waals surface area (Å²) < 4.78 is 74.3. The minimum atomic E-state index is -5.77. The summed E-state index contributed by atoms with van der Waals surface area (Å²) in [7, 11) is 0. The molecule has 0 saturated carbocycles. The predicted octanol–water partition coefficient (Wildman–Crippen LogP) is 3.55. The number of benzene rings is 1. The van der Waals surface area contributed by atoms with Gasteiger partial charge in [-0.2, -0.15) is 26.3 Å². The number of rotatable bonds is 13. The van der Waals surface area contributed by atoms with E-state index >= 15 is 0 Å². The van der Waals surface area contributed by atoms with Gasteiger partial charge in [0.25, 0.3) is 5.91 Å². The number of halogens is 6. The Morgan fingerprint density at radius 3 is 2.06 bits per heavy atom. The van der Waals surface area contributed by atoms with Crippen LogP contribution in [0.5, 0.6) is 0 Å². The molecule has 1 aromatic heterocycles. The Kier molecular flexibility index (Phi) is 14.9. The van der Waals surface area contributed by atoms with Crippen molar-refractivity contribution in [2.45, 2.75) is 83.5 Å². The van der Waals surface area contributed by atoms with Gasteiger partial charge in [0, 0.05) is 19.3 Å². The van der Waals surface area contributed by atoms with E-state index in [1.807, 2.05) is 35.2 Å². The van der Waals surface area contributed by atoms with Gasteiger partial charge in [0.1, 0.15) is 12.6 Å². The second-order valence-electron chi connectivity index (χ2n) is 11.9. The molecule has 1 aliphatic rings. The maximum absolute atomic E-state index is 13.0. The van der Waals surface area contributed by atoms with Gasteiger partial charge in [-0.15, -0.1) is 0 Å². The highest BCUT2D eigenvalue weighted by Crippen LogP contribution is 2.24. The van der Waals surface area contributed by atoms with Gasteiger partial charge in [-0.25, -0.2) is 4.98 Å². The van der Waals surface area contributed by atoms with E-state index < -0.39 is 47.3 Å². The number of nitrogens with zero attached hydrogens (tertiary/aromatic N) is 3. The molecule has 0 radical (unpaired) electrons. The first-order chi connectivity index (χ1) is 22.7. The largest absolute Gasteiger partial charge is 0.458 e. The zero-order chi connectivity index (χ0) is 37.0. The third-order valence-electron chi connectivity index (χ3n) is 7.19. The normalized spacial score (nSPS) is 14.7. The third-order valence-corrected chi connectivity index (χ3v) is 7.19. The van der Waals surface area contributed by atoms with Crippen molar-refractivity contribution in [3.8, 4) is 0 Å². The summed E-state index contributed by atoms with van der Waals surface area (Å²) in [4.78, 5) is 63.6. The lowest BCUT2D eigenvalue weighted by atomic mass is 9.92. The molecule has 3 amide bonds. The lowest BCUT2D eigenvalue weighted by Gasteiger charge is -2.32. The number of nitrogens with two attached hydrogens (primary N) is 1. The highest BCUT2D eigenvalue weighted by Gasteiger charge is 2.54. The van der Waals surface area contributed by atoms with E-state index in [1.54, 1.807) is 24.6 Å². The van der Waals surface area contributed by atoms with Crippen LogP contribution in [0.15, 0.2) is 42.9 Å². The summed E-state index contributed by atoms with van der Waals surface area (Å²) in [6.07, 6.45) is -3.94. The molecule has 2 heterocycles. The van der Waals surface area contributed by atoms with Crippen LogP contribution >= 0.6 is 0 Å². The molecular weight excluding hydrogens is 666 g/mol. The number of ketones is 2. The van der Waals surface area contributed by atoms with Gasteiger partial charge in [0.2, 0.25) is 11.8 Å². The molecule has 12 nitrogen and oxygen atoms in total. The van der Waals surface area contributed by atoms with Crippen LogP contribution in [-0.4, -0.2) is 87.4 Å². The van der Waals surface area contributed by atoms with Crippen LogP contribution in [0.3, 0.4) is 0 Å². The molecule has 18 heteroatoms. The van der Waals surface area contributed by atoms with Crippen LogP contribution < -0.4 is 16.4 Å². The summed E-state index contributed by atoms with van der Waals surface area (Å²) >= 11 is 0. The fourth-order valence-corrected chi connectivity index (χ4v) is 4.51. The number of Topliss-reactive ketones (excluding diaryl/α,β-unsaturated/α-hetero) is 2. The van der Waals surface area contributed by atoms with E-state index in [1.165, 1.54) is 19.2 Å². The van der Waals surface area contributed by atoms with Gasteiger partial charge in [0.15, 0.2) is 5.82 Å². The number of anilines is 1. The maximum atomic E-state index is 13.0. The van der Waals surface area contributed by atoms with Crippen LogP contribution in [0.2, 0.25) is 0 Å². The number of hydrogen-bond acceptors (Lipinski definition) is 8. The molecule has 0 spiro atoms. The Balaban J connectivity index is 0.000000591. The van der Waals surface area contributed by atoms with Crippen LogP contribution in [-0.2, 0) is 41.9 Å². The molecule has 1 atom stereocenters. The Labute approximate surface area is 278 Å². The van der Waals surface area contributed by atoms with Gasteiger partial charge in [-0.3, -0.25) is 24.0 Å². The molecule has 1 aliphatic heterocycles. The Morgan fingerprint density at radius 2 is 1.55 bits per heavy atom. The summed E-state index contributed by atoms with van der Waals surface area (Å²) in [5.41, 5.74) is 5.68. The fourth-order valence-electron chi connectivity index (χ4n) is 4.51. The number of alkyl halides is 6. The number of imidazole rings is 1. The summed E-state index contributed by atoms with van der Waals surface area (Å²) in [6, 6.07) is 8.56. The minimum absolute atomic E-state index is 0.0369. The number of likely N-dealkylation sites (tertiary alicyclic amines) is 1. The molecule has 0 unspecified atom stereocenters. The first-order valence-corrected chi connectivity index (χ1v) is 15.3. The van der Waals surface area contributed by atoms with E-state index in [9.17, 15) is 50.3 Å². The third kappa shape index (κ3) is 14.0. The number of piperidine rings is 1. The van der Waals surface area contributed by atoms with Gasteiger partial charge in [-0.1, -0.05) is 50.1 Å². The molecule has 49 heavy (non-hydrogen) atoms. The van der Waals surface area contributed by atoms with Gasteiger partial charge in [0.05, 0.1) is 25.1 Å². The number of hydrogen-bond donors (Lipinski definition) is 3. The Hall–Kier alpha value is -4.32. The summed E-state index contributed by atoms with van der Waals surface area (Å²) in [5, 5.41) is 5.37. The van der Waals surface area contributed by atoms with Gasteiger partial charge >= 0.3 is 23.9 Å². The molecule has 1 aromatic carbocycles. The topological polar surface area (TPSA) is 166 Å². The minimum Gasteiger partial charge on any atom is -0.374 e. The quantitative estimate of drug-likeness (QED) is 0.210. The van der Waals surface area contributed by atoms with Crippen molar-refractivity contribution in [1.29, 1.82) is 0 Å². The first kappa shape index (κ1) is 40.9. The van der Waals surface area contributed by atoms with Crippen LogP contribution in [0.4, 0.5) is 32.2 Å². The molecule has 1 saturated heterocycles. The second kappa shape index (κ2) is 17.9. The average molecular weight is 707 g/mol. The predicted molar refractivity (Wildman–Crippen MR) is 163 cm³/mol. The van der Waals surface area contributed by atoms with E-state index in [-0.39, 0.29) is 24.9 Å². The lowest BCUT2D eigenvalue weighted by molar-refractivity contribution is -0.193. The molecule has 3 rings (SSSR count). The molecule has 0 bridgehead atoms. The molecule has 2 aromatic rings. The molecular formula is C31H40F6N6O6. The van der Waals surface area contributed by atoms with Crippen molar-refractivity contribution in [3.63, 3.8) is 0 Å². The van der Waals surface area contributed by atoms with E-state index in [4.69, 9.17) is 10.5 Å². The Morgan fingerprint density at radius 1 is 0.980 bits per heavy atom. The van der Waals surface area contributed by atoms with Crippen molar-refractivity contribution in [3.05, 3.63) is 48.4 Å². The number of ether oxygens (including phenoxy) is 1. The van der Waals surface area contributed by atoms with Crippen molar-refractivity contribution in [2.24, 2.45) is 11.7 Å².